The third kappa shape index (κ3) is 3.37. The first-order chi connectivity index (χ1) is 8.66. The van der Waals surface area contributed by atoms with Gasteiger partial charge in [0.05, 0.1) is 11.8 Å². The summed E-state index contributed by atoms with van der Waals surface area (Å²) in [5.41, 5.74) is 1.94. The van der Waals surface area contributed by atoms with Crippen molar-refractivity contribution in [3.8, 4) is 11.3 Å². The Morgan fingerprint density at radius 2 is 2.00 bits per heavy atom. The summed E-state index contributed by atoms with van der Waals surface area (Å²) >= 11 is 1.67. The Balaban J connectivity index is 1.99. The Kier molecular flexibility index (Phi) is 4.44. The van der Waals surface area contributed by atoms with E-state index >= 15 is 0 Å². The first kappa shape index (κ1) is 13.2. The van der Waals surface area contributed by atoms with Crippen molar-refractivity contribution in [3.05, 3.63) is 42.1 Å². The number of aliphatic hydroxyl groups excluding tert-OH is 1. The smallest absolute Gasteiger partial charge is 0.167 e. The zero-order valence-corrected chi connectivity index (χ0v) is 11.4. The lowest BCUT2D eigenvalue weighted by molar-refractivity contribution is 0.196. The number of thioether (sulfide) groups is 1. The third-order valence-electron chi connectivity index (χ3n) is 2.79. The Morgan fingerprint density at radius 1 is 1.28 bits per heavy atom. The zero-order valence-electron chi connectivity index (χ0n) is 10.5. The predicted molar refractivity (Wildman–Crippen MR) is 74.4 cm³/mol. The van der Waals surface area contributed by atoms with Crippen molar-refractivity contribution in [1.82, 2.24) is 5.16 Å². The van der Waals surface area contributed by atoms with Gasteiger partial charge in [0.2, 0.25) is 0 Å². The molecular formula is C14H17NO2S. The molecule has 0 bridgehead atoms. The number of aromatic nitrogens is 1. The maximum absolute atomic E-state index is 9.42. The van der Waals surface area contributed by atoms with Crippen LogP contribution in [-0.2, 0) is 5.75 Å². The number of aliphatic hydroxyl groups is 1. The van der Waals surface area contributed by atoms with Crippen LogP contribution >= 0.6 is 11.8 Å². The molecule has 0 amide bonds. The van der Waals surface area contributed by atoms with E-state index in [1.165, 1.54) is 0 Å². The maximum Gasteiger partial charge on any atom is 0.167 e. The molecule has 0 aliphatic carbocycles. The van der Waals surface area contributed by atoms with Gasteiger partial charge in [-0.1, -0.05) is 42.4 Å². The Bertz CT molecular complexity index is 482. The standard InChI is InChI=1S/C14H17NO2S/c1-10(16)11(2)18-9-13-8-14(17-15-13)12-6-4-3-5-7-12/h3-8,10-11,16H,9H2,1-2H3. The van der Waals surface area contributed by atoms with Gasteiger partial charge >= 0.3 is 0 Å². The molecule has 0 aliphatic rings. The molecule has 2 atom stereocenters. The number of hydrogen-bond donors (Lipinski definition) is 1. The van der Waals surface area contributed by atoms with Crippen molar-refractivity contribution in [2.75, 3.05) is 0 Å². The number of hydrogen-bond acceptors (Lipinski definition) is 4. The van der Waals surface area contributed by atoms with Crippen molar-refractivity contribution < 1.29 is 9.63 Å². The highest BCUT2D eigenvalue weighted by atomic mass is 32.2. The fraction of sp³-hybridized carbons (Fsp3) is 0.357. The zero-order chi connectivity index (χ0) is 13.0. The largest absolute Gasteiger partial charge is 0.392 e. The molecule has 2 rings (SSSR count). The van der Waals surface area contributed by atoms with Crippen molar-refractivity contribution in [2.24, 2.45) is 0 Å². The van der Waals surface area contributed by atoms with Gasteiger partial charge in [-0.25, -0.2) is 0 Å². The van der Waals surface area contributed by atoms with E-state index in [0.29, 0.717) is 0 Å². The van der Waals surface area contributed by atoms with E-state index in [-0.39, 0.29) is 11.4 Å². The van der Waals surface area contributed by atoms with E-state index in [2.05, 4.69) is 5.16 Å². The third-order valence-corrected chi connectivity index (χ3v) is 4.17. The number of nitrogens with zero attached hydrogens (tertiary/aromatic N) is 1. The summed E-state index contributed by atoms with van der Waals surface area (Å²) in [6.45, 7) is 3.81. The highest BCUT2D eigenvalue weighted by Gasteiger charge is 2.11. The topological polar surface area (TPSA) is 46.3 Å². The summed E-state index contributed by atoms with van der Waals surface area (Å²) < 4.78 is 5.32. The fourth-order valence-electron chi connectivity index (χ4n) is 1.47. The summed E-state index contributed by atoms with van der Waals surface area (Å²) in [4.78, 5) is 0. The van der Waals surface area contributed by atoms with Crippen molar-refractivity contribution in [2.45, 2.75) is 31.0 Å². The van der Waals surface area contributed by atoms with Crippen LogP contribution in [0.1, 0.15) is 19.5 Å². The summed E-state index contributed by atoms with van der Waals surface area (Å²) in [6, 6.07) is 11.9. The highest BCUT2D eigenvalue weighted by molar-refractivity contribution is 7.99. The lowest BCUT2D eigenvalue weighted by atomic mass is 10.2. The minimum atomic E-state index is -0.310. The molecule has 96 valence electrons. The molecular weight excluding hydrogens is 246 g/mol. The van der Waals surface area contributed by atoms with Crippen LogP contribution in [0.2, 0.25) is 0 Å². The summed E-state index contributed by atoms with van der Waals surface area (Å²) in [7, 11) is 0. The van der Waals surface area contributed by atoms with Crippen LogP contribution in [0.3, 0.4) is 0 Å². The number of benzene rings is 1. The maximum atomic E-state index is 9.42. The van der Waals surface area contributed by atoms with Crippen molar-refractivity contribution in [1.29, 1.82) is 0 Å². The first-order valence-corrected chi connectivity index (χ1v) is 7.02. The quantitative estimate of drug-likeness (QED) is 0.898. The van der Waals surface area contributed by atoms with Crippen LogP contribution in [0, 0.1) is 0 Å². The summed E-state index contributed by atoms with van der Waals surface area (Å²) in [6.07, 6.45) is -0.310. The Hall–Kier alpha value is -1.26. The molecule has 3 nitrogen and oxygen atoms in total. The van der Waals surface area contributed by atoms with Gasteiger partial charge in [-0.2, -0.15) is 0 Å². The molecule has 0 radical (unpaired) electrons. The van der Waals surface area contributed by atoms with E-state index in [1.807, 2.05) is 43.3 Å². The lowest BCUT2D eigenvalue weighted by Gasteiger charge is -2.12. The van der Waals surface area contributed by atoms with E-state index in [1.54, 1.807) is 18.7 Å². The van der Waals surface area contributed by atoms with Crippen molar-refractivity contribution in [3.63, 3.8) is 0 Å². The second-order valence-corrected chi connectivity index (χ2v) is 5.67. The number of rotatable bonds is 5. The van der Waals surface area contributed by atoms with Gasteiger partial charge in [-0.15, -0.1) is 11.8 Å². The SMILES string of the molecule is CC(O)C(C)SCc1cc(-c2ccccc2)on1. The minimum absolute atomic E-state index is 0.196. The molecule has 0 saturated carbocycles. The van der Waals surface area contributed by atoms with E-state index in [0.717, 1.165) is 22.8 Å². The molecule has 2 unspecified atom stereocenters. The van der Waals surface area contributed by atoms with Crippen LogP contribution in [-0.4, -0.2) is 21.6 Å². The van der Waals surface area contributed by atoms with Crippen LogP contribution in [0.5, 0.6) is 0 Å². The molecule has 0 aliphatic heterocycles. The molecule has 1 aromatic heterocycles. The second kappa shape index (κ2) is 6.07. The highest BCUT2D eigenvalue weighted by Crippen LogP contribution is 2.24. The van der Waals surface area contributed by atoms with Crippen LogP contribution in [0.25, 0.3) is 11.3 Å². The lowest BCUT2D eigenvalue weighted by Crippen LogP contribution is -2.15. The average Bonchev–Trinajstić information content (AvgIpc) is 2.85. The molecule has 1 heterocycles. The van der Waals surface area contributed by atoms with Gasteiger partial charge < -0.3 is 9.63 Å². The van der Waals surface area contributed by atoms with E-state index in [4.69, 9.17) is 4.52 Å². The summed E-state index contributed by atoms with van der Waals surface area (Å²) in [5, 5.41) is 13.7. The molecule has 0 saturated heterocycles. The molecule has 1 aromatic carbocycles. The second-order valence-electron chi connectivity index (χ2n) is 4.31. The fourth-order valence-corrected chi connectivity index (χ4v) is 2.32. The van der Waals surface area contributed by atoms with E-state index < -0.39 is 0 Å². The molecule has 1 N–H and O–H groups in total. The average molecular weight is 263 g/mol. The Morgan fingerprint density at radius 3 is 2.67 bits per heavy atom. The van der Waals surface area contributed by atoms with Crippen LogP contribution in [0.4, 0.5) is 0 Å². The van der Waals surface area contributed by atoms with E-state index in [9.17, 15) is 5.11 Å². The van der Waals surface area contributed by atoms with Crippen molar-refractivity contribution >= 4 is 11.8 Å². The minimum Gasteiger partial charge on any atom is -0.392 e. The Labute approximate surface area is 111 Å². The van der Waals surface area contributed by atoms with Gasteiger partial charge in [0.1, 0.15) is 0 Å². The van der Waals surface area contributed by atoms with Crippen LogP contribution in [0.15, 0.2) is 40.9 Å². The summed E-state index contributed by atoms with van der Waals surface area (Å²) in [5.74, 6) is 1.54. The predicted octanol–water partition coefficient (Wildman–Crippen LogP) is 3.34. The van der Waals surface area contributed by atoms with Gasteiger partial charge in [0.15, 0.2) is 5.76 Å². The van der Waals surface area contributed by atoms with Gasteiger partial charge in [0.25, 0.3) is 0 Å². The van der Waals surface area contributed by atoms with Gasteiger partial charge in [0, 0.05) is 22.6 Å². The monoisotopic (exact) mass is 263 g/mol. The normalized spacial score (nSPS) is 14.4. The molecule has 0 fully saturated rings. The van der Waals surface area contributed by atoms with Gasteiger partial charge in [-0.3, -0.25) is 0 Å². The first-order valence-electron chi connectivity index (χ1n) is 5.97. The molecule has 4 heteroatoms. The molecule has 0 spiro atoms. The molecule has 18 heavy (non-hydrogen) atoms. The van der Waals surface area contributed by atoms with Gasteiger partial charge in [-0.05, 0) is 6.92 Å². The molecule has 2 aromatic rings. The van der Waals surface area contributed by atoms with Crippen LogP contribution < -0.4 is 0 Å².